The van der Waals surface area contributed by atoms with Crippen LogP contribution in [0.15, 0.2) is 39.2 Å². The van der Waals surface area contributed by atoms with Gasteiger partial charge in [-0.2, -0.15) is 5.26 Å². The molecule has 0 saturated carbocycles. The van der Waals surface area contributed by atoms with Crippen molar-refractivity contribution in [2.45, 2.75) is 0 Å². The van der Waals surface area contributed by atoms with Crippen molar-refractivity contribution >= 4 is 15.9 Å². The van der Waals surface area contributed by atoms with Crippen molar-refractivity contribution < 1.29 is 9.15 Å². The zero-order chi connectivity index (χ0) is 11.5. The van der Waals surface area contributed by atoms with Crippen molar-refractivity contribution in [2.75, 3.05) is 7.11 Å². The lowest BCUT2D eigenvalue weighted by molar-refractivity contribution is 0.412. The number of nitrogens with zero attached hydrogens (tertiary/aromatic N) is 1. The van der Waals surface area contributed by atoms with Crippen molar-refractivity contribution in [3.63, 3.8) is 0 Å². The van der Waals surface area contributed by atoms with Crippen LogP contribution in [-0.4, -0.2) is 7.11 Å². The third kappa shape index (κ3) is 1.95. The van der Waals surface area contributed by atoms with Gasteiger partial charge in [0.2, 0.25) is 5.76 Å². The number of methoxy groups -OCH3 is 1. The van der Waals surface area contributed by atoms with Crippen LogP contribution in [0.4, 0.5) is 0 Å². The fourth-order valence-electron chi connectivity index (χ4n) is 1.37. The minimum absolute atomic E-state index is 0.303. The molecule has 0 aliphatic heterocycles. The Balaban J connectivity index is 2.45. The van der Waals surface area contributed by atoms with Crippen LogP contribution in [-0.2, 0) is 0 Å². The van der Waals surface area contributed by atoms with E-state index in [1.807, 2.05) is 24.3 Å². The number of ether oxygens (including phenoxy) is 1. The Morgan fingerprint density at radius 3 is 2.75 bits per heavy atom. The summed E-state index contributed by atoms with van der Waals surface area (Å²) in [6, 6.07) is 11.0. The van der Waals surface area contributed by atoms with E-state index in [4.69, 9.17) is 14.4 Å². The van der Waals surface area contributed by atoms with Crippen LogP contribution in [0.3, 0.4) is 0 Å². The van der Waals surface area contributed by atoms with Crippen LogP contribution in [0.1, 0.15) is 5.76 Å². The van der Waals surface area contributed by atoms with Gasteiger partial charge in [0.05, 0.1) is 11.6 Å². The number of hydrogen-bond donors (Lipinski definition) is 0. The lowest BCUT2D eigenvalue weighted by Gasteiger charge is -2.04. The number of rotatable bonds is 2. The quantitative estimate of drug-likeness (QED) is 0.843. The van der Waals surface area contributed by atoms with Gasteiger partial charge in [-0.1, -0.05) is 0 Å². The molecule has 3 nitrogen and oxygen atoms in total. The molecule has 0 radical (unpaired) electrons. The summed E-state index contributed by atoms with van der Waals surface area (Å²) in [5.74, 6) is 1.69. The Hall–Kier alpha value is -1.73. The van der Waals surface area contributed by atoms with E-state index in [2.05, 4.69) is 15.9 Å². The minimum atomic E-state index is 0.303. The number of hydrogen-bond acceptors (Lipinski definition) is 3. The third-order valence-corrected chi connectivity index (χ3v) is 2.81. The average molecular weight is 278 g/mol. The van der Waals surface area contributed by atoms with E-state index < -0.39 is 0 Å². The summed E-state index contributed by atoms with van der Waals surface area (Å²) in [7, 11) is 1.60. The van der Waals surface area contributed by atoms with Crippen LogP contribution in [0, 0.1) is 11.3 Å². The number of nitriles is 1. The van der Waals surface area contributed by atoms with Gasteiger partial charge in [0.15, 0.2) is 0 Å². The smallest absolute Gasteiger partial charge is 0.204 e. The Morgan fingerprint density at radius 2 is 2.12 bits per heavy atom. The maximum Gasteiger partial charge on any atom is 0.204 e. The van der Waals surface area contributed by atoms with E-state index in [-0.39, 0.29) is 0 Å². The molecule has 1 heterocycles. The average Bonchev–Trinajstić information content (AvgIpc) is 2.78. The molecule has 0 fully saturated rings. The molecule has 0 aliphatic carbocycles. The van der Waals surface area contributed by atoms with E-state index in [0.29, 0.717) is 11.5 Å². The molecule has 0 atom stereocenters. The van der Waals surface area contributed by atoms with Crippen molar-refractivity contribution in [3.8, 4) is 23.1 Å². The lowest BCUT2D eigenvalue weighted by atomic mass is 10.1. The Bertz CT molecular complexity index is 554. The fraction of sp³-hybridized carbons (Fsp3) is 0.0833. The highest BCUT2D eigenvalue weighted by atomic mass is 79.9. The van der Waals surface area contributed by atoms with Crippen LogP contribution in [0.5, 0.6) is 5.75 Å². The number of halogens is 1. The van der Waals surface area contributed by atoms with Crippen molar-refractivity contribution in [2.24, 2.45) is 0 Å². The van der Waals surface area contributed by atoms with Crippen molar-refractivity contribution in [1.29, 1.82) is 5.26 Å². The highest BCUT2D eigenvalue weighted by Crippen LogP contribution is 2.31. The first-order valence-corrected chi connectivity index (χ1v) is 5.37. The SMILES string of the molecule is COc1cc(-c2ccc(C#N)o2)ccc1Br. The van der Waals surface area contributed by atoms with Gasteiger partial charge >= 0.3 is 0 Å². The van der Waals surface area contributed by atoms with Crippen LogP contribution < -0.4 is 4.74 Å². The molecule has 0 saturated heterocycles. The predicted octanol–water partition coefficient (Wildman–Crippen LogP) is 3.59. The van der Waals surface area contributed by atoms with Crippen molar-refractivity contribution in [1.82, 2.24) is 0 Å². The second-order valence-corrected chi connectivity index (χ2v) is 3.98. The summed E-state index contributed by atoms with van der Waals surface area (Å²) < 4.78 is 11.4. The Labute approximate surface area is 101 Å². The number of furan rings is 1. The molecule has 0 N–H and O–H groups in total. The topological polar surface area (TPSA) is 46.2 Å². The van der Waals surface area contributed by atoms with E-state index >= 15 is 0 Å². The minimum Gasteiger partial charge on any atom is -0.496 e. The maximum absolute atomic E-state index is 8.67. The Morgan fingerprint density at radius 1 is 1.31 bits per heavy atom. The number of benzene rings is 1. The monoisotopic (exact) mass is 277 g/mol. The third-order valence-electron chi connectivity index (χ3n) is 2.15. The molecule has 0 bridgehead atoms. The molecule has 2 rings (SSSR count). The maximum atomic E-state index is 8.67. The zero-order valence-electron chi connectivity index (χ0n) is 8.53. The molecule has 2 aromatic rings. The first-order valence-electron chi connectivity index (χ1n) is 4.58. The molecule has 4 heteroatoms. The molecule has 16 heavy (non-hydrogen) atoms. The summed E-state index contributed by atoms with van der Waals surface area (Å²) in [5.41, 5.74) is 0.876. The van der Waals surface area contributed by atoms with Gasteiger partial charge in [0, 0.05) is 5.56 Å². The molecule has 1 aromatic carbocycles. The fourth-order valence-corrected chi connectivity index (χ4v) is 1.77. The van der Waals surface area contributed by atoms with Gasteiger partial charge in [-0.05, 0) is 46.3 Å². The second kappa shape index (κ2) is 4.42. The van der Waals surface area contributed by atoms with Gasteiger partial charge in [-0.15, -0.1) is 0 Å². The highest BCUT2D eigenvalue weighted by Gasteiger charge is 2.07. The normalized spacial score (nSPS) is 9.81. The first kappa shape index (κ1) is 10.8. The standard InChI is InChI=1S/C12H8BrNO2/c1-15-12-6-8(2-4-10(12)13)11-5-3-9(7-14)16-11/h2-6H,1H3. The van der Waals surface area contributed by atoms with Gasteiger partial charge < -0.3 is 9.15 Å². The summed E-state index contributed by atoms with van der Waals surface area (Å²) in [4.78, 5) is 0. The Kier molecular flexibility index (Phi) is 2.97. The summed E-state index contributed by atoms with van der Waals surface area (Å²) in [6.45, 7) is 0. The summed E-state index contributed by atoms with van der Waals surface area (Å²) in [6.07, 6.45) is 0. The van der Waals surface area contributed by atoms with Crippen molar-refractivity contribution in [3.05, 3.63) is 40.6 Å². The van der Waals surface area contributed by atoms with Crippen LogP contribution >= 0.6 is 15.9 Å². The van der Waals surface area contributed by atoms with E-state index in [9.17, 15) is 0 Å². The first-order chi connectivity index (χ1) is 7.74. The summed E-state index contributed by atoms with van der Waals surface area (Å²) >= 11 is 3.37. The molecule has 0 unspecified atom stereocenters. The van der Waals surface area contributed by atoms with E-state index in [1.165, 1.54) is 0 Å². The van der Waals surface area contributed by atoms with Gasteiger partial charge in [-0.3, -0.25) is 0 Å². The molecule has 0 amide bonds. The molecular weight excluding hydrogens is 270 g/mol. The predicted molar refractivity (Wildman–Crippen MR) is 63.1 cm³/mol. The van der Waals surface area contributed by atoms with Gasteiger partial charge in [0.25, 0.3) is 0 Å². The lowest BCUT2D eigenvalue weighted by Crippen LogP contribution is -1.84. The van der Waals surface area contributed by atoms with E-state index in [1.54, 1.807) is 19.2 Å². The van der Waals surface area contributed by atoms with Crippen LogP contribution in [0.2, 0.25) is 0 Å². The largest absolute Gasteiger partial charge is 0.496 e. The zero-order valence-corrected chi connectivity index (χ0v) is 10.1. The highest BCUT2D eigenvalue weighted by molar-refractivity contribution is 9.10. The van der Waals surface area contributed by atoms with Gasteiger partial charge in [-0.25, -0.2) is 0 Å². The molecule has 0 aliphatic rings. The van der Waals surface area contributed by atoms with Gasteiger partial charge in [0.1, 0.15) is 17.6 Å². The molecule has 0 spiro atoms. The summed E-state index contributed by atoms with van der Waals surface area (Å²) in [5, 5.41) is 8.67. The molecular formula is C12H8BrNO2. The van der Waals surface area contributed by atoms with E-state index in [0.717, 1.165) is 15.8 Å². The molecule has 80 valence electrons. The second-order valence-electron chi connectivity index (χ2n) is 3.13. The van der Waals surface area contributed by atoms with Crippen LogP contribution in [0.25, 0.3) is 11.3 Å². The molecule has 1 aromatic heterocycles.